The Hall–Kier alpha value is -1.84. The number of aliphatic imine (C=N–C) groups is 1. The number of ether oxygens (including phenoxy) is 1. The third-order valence-corrected chi connectivity index (χ3v) is 4.36. The van der Waals surface area contributed by atoms with E-state index in [4.69, 9.17) is 9.26 Å². The lowest BCUT2D eigenvalue weighted by Gasteiger charge is -2.24. The summed E-state index contributed by atoms with van der Waals surface area (Å²) >= 11 is 0. The Balaban J connectivity index is 0.00000364. The zero-order valence-electron chi connectivity index (χ0n) is 16.7. The van der Waals surface area contributed by atoms with Crippen LogP contribution in [0.15, 0.2) is 27.7 Å². The van der Waals surface area contributed by atoms with Gasteiger partial charge in [-0.15, -0.1) is 24.0 Å². The quantitative estimate of drug-likeness (QED) is 0.379. The summed E-state index contributed by atoms with van der Waals surface area (Å²) in [5.74, 6) is 1.68. The van der Waals surface area contributed by atoms with Crippen molar-refractivity contribution in [2.45, 2.75) is 33.2 Å². The van der Waals surface area contributed by atoms with Gasteiger partial charge in [-0.05, 0) is 31.5 Å². The van der Waals surface area contributed by atoms with Crippen LogP contribution in [0.2, 0.25) is 0 Å². The number of halogens is 2. The molecule has 0 spiro atoms. The van der Waals surface area contributed by atoms with Crippen LogP contribution in [0.1, 0.15) is 35.4 Å². The molecular weight excluding hydrogens is 462 g/mol. The van der Waals surface area contributed by atoms with E-state index in [0.717, 1.165) is 28.5 Å². The first-order valence-corrected chi connectivity index (χ1v) is 8.54. The van der Waals surface area contributed by atoms with Crippen molar-refractivity contribution in [3.63, 3.8) is 0 Å². The fourth-order valence-electron chi connectivity index (χ4n) is 3.08. The molecule has 1 N–H and O–H groups in total. The molecule has 27 heavy (non-hydrogen) atoms. The van der Waals surface area contributed by atoms with Gasteiger partial charge in [0.05, 0.1) is 12.8 Å². The Morgan fingerprint density at radius 2 is 2.11 bits per heavy atom. The Morgan fingerprint density at radius 1 is 1.41 bits per heavy atom. The number of methoxy groups -OCH3 is 1. The summed E-state index contributed by atoms with van der Waals surface area (Å²) in [6.45, 7) is 7.20. The summed E-state index contributed by atoms with van der Waals surface area (Å²) in [7, 11) is 5.10. The lowest BCUT2D eigenvalue weighted by atomic mass is 10.00. The zero-order valence-corrected chi connectivity index (χ0v) is 19.0. The Labute approximate surface area is 177 Å². The van der Waals surface area contributed by atoms with Gasteiger partial charge >= 0.3 is 0 Å². The molecule has 0 aliphatic rings. The predicted molar refractivity (Wildman–Crippen MR) is 116 cm³/mol. The van der Waals surface area contributed by atoms with Gasteiger partial charge in [0.25, 0.3) is 0 Å². The van der Waals surface area contributed by atoms with Gasteiger partial charge in [0.1, 0.15) is 5.76 Å². The van der Waals surface area contributed by atoms with Crippen LogP contribution in [0.4, 0.5) is 4.39 Å². The number of guanidine groups is 1. The topological polar surface area (TPSA) is 62.9 Å². The van der Waals surface area contributed by atoms with Gasteiger partial charge in [-0.1, -0.05) is 18.1 Å². The van der Waals surface area contributed by atoms with Crippen LogP contribution in [-0.2, 0) is 6.54 Å². The molecule has 0 aliphatic carbocycles. The SMILES string of the molecule is CN=C(NCC(C)c1c(C)noc1C)N(C)Cc1ccc(OC)c(F)c1.I. The lowest BCUT2D eigenvalue weighted by Crippen LogP contribution is -2.40. The van der Waals surface area contributed by atoms with Crippen LogP contribution in [0.25, 0.3) is 0 Å². The second-order valence-electron chi connectivity index (χ2n) is 6.39. The minimum Gasteiger partial charge on any atom is -0.494 e. The normalized spacial score (nSPS) is 12.3. The minimum absolute atomic E-state index is 0. The molecule has 0 saturated heterocycles. The van der Waals surface area contributed by atoms with Gasteiger partial charge in [0, 0.05) is 38.7 Å². The van der Waals surface area contributed by atoms with Gasteiger partial charge in [-0.2, -0.15) is 0 Å². The maximum atomic E-state index is 13.9. The summed E-state index contributed by atoms with van der Waals surface area (Å²) in [5, 5.41) is 7.37. The van der Waals surface area contributed by atoms with E-state index >= 15 is 0 Å². The van der Waals surface area contributed by atoms with Crippen LogP contribution < -0.4 is 10.1 Å². The maximum Gasteiger partial charge on any atom is 0.193 e. The van der Waals surface area contributed by atoms with Crippen molar-refractivity contribution < 1.29 is 13.7 Å². The molecule has 0 aliphatic heterocycles. The molecular formula is C19H28FIN4O2. The first-order chi connectivity index (χ1) is 12.4. The van der Waals surface area contributed by atoms with Gasteiger partial charge in [-0.3, -0.25) is 4.99 Å². The molecule has 2 aromatic rings. The molecule has 6 nitrogen and oxygen atoms in total. The molecule has 0 bridgehead atoms. The van der Waals surface area contributed by atoms with E-state index in [0.29, 0.717) is 13.1 Å². The number of benzene rings is 1. The van der Waals surface area contributed by atoms with E-state index in [1.165, 1.54) is 13.2 Å². The Kier molecular flexibility index (Phi) is 9.01. The van der Waals surface area contributed by atoms with Crippen LogP contribution in [0.5, 0.6) is 5.75 Å². The largest absolute Gasteiger partial charge is 0.494 e. The fourth-order valence-corrected chi connectivity index (χ4v) is 3.08. The highest BCUT2D eigenvalue weighted by atomic mass is 127. The van der Waals surface area contributed by atoms with Crippen LogP contribution >= 0.6 is 24.0 Å². The number of rotatable bonds is 6. The molecule has 8 heteroatoms. The summed E-state index contributed by atoms with van der Waals surface area (Å²) in [6, 6.07) is 4.96. The van der Waals surface area contributed by atoms with Gasteiger partial charge in [0.2, 0.25) is 0 Å². The van der Waals surface area contributed by atoms with E-state index in [9.17, 15) is 4.39 Å². The predicted octanol–water partition coefficient (Wildman–Crippen LogP) is 3.87. The van der Waals surface area contributed by atoms with E-state index in [2.05, 4.69) is 22.4 Å². The average Bonchev–Trinajstić information content (AvgIpc) is 2.94. The number of aromatic nitrogens is 1. The van der Waals surface area contributed by atoms with Crippen LogP contribution in [0, 0.1) is 19.7 Å². The van der Waals surface area contributed by atoms with Gasteiger partial charge in [0.15, 0.2) is 17.5 Å². The van der Waals surface area contributed by atoms with Crippen molar-refractivity contribution in [3.8, 4) is 5.75 Å². The molecule has 0 amide bonds. The van der Waals surface area contributed by atoms with Crippen molar-refractivity contribution >= 4 is 29.9 Å². The van der Waals surface area contributed by atoms with Gasteiger partial charge < -0.3 is 19.5 Å². The number of aryl methyl sites for hydroxylation is 2. The van der Waals surface area contributed by atoms with E-state index in [1.54, 1.807) is 13.1 Å². The van der Waals surface area contributed by atoms with E-state index < -0.39 is 0 Å². The molecule has 1 unspecified atom stereocenters. The summed E-state index contributed by atoms with van der Waals surface area (Å²) < 4.78 is 24.1. The van der Waals surface area contributed by atoms with Crippen molar-refractivity contribution in [3.05, 3.63) is 46.6 Å². The van der Waals surface area contributed by atoms with Crippen LogP contribution in [0.3, 0.4) is 0 Å². The number of nitrogens with zero attached hydrogens (tertiary/aromatic N) is 3. The third kappa shape index (κ3) is 5.82. The summed E-state index contributed by atoms with van der Waals surface area (Å²) in [5.41, 5.74) is 2.87. The molecule has 1 aromatic carbocycles. The highest BCUT2D eigenvalue weighted by molar-refractivity contribution is 14.0. The Bertz CT molecular complexity index is 760. The fraction of sp³-hybridized carbons (Fsp3) is 0.474. The molecule has 150 valence electrons. The molecule has 1 aromatic heterocycles. The van der Waals surface area contributed by atoms with Crippen molar-refractivity contribution in [1.29, 1.82) is 0 Å². The highest BCUT2D eigenvalue weighted by Gasteiger charge is 2.17. The second kappa shape index (κ2) is 10.5. The third-order valence-electron chi connectivity index (χ3n) is 4.36. The minimum atomic E-state index is -0.367. The van der Waals surface area contributed by atoms with Gasteiger partial charge in [-0.25, -0.2) is 4.39 Å². The molecule has 1 heterocycles. The average molecular weight is 490 g/mol. The maximum absolute atomic E-state index is 13.9. The number of nitrogens with one attached hydrogen (secondary N) is 1. The van der Waals surface area contributed by atoms with Crippen molar-refractivity contribution in [2.75, 3.05) is 27.7 Å². The standard InChI is InChI=1S/C19H27FN4O2.HI/c1-12(18-13(2)23-26-14(18)3)10-22-19(21-4)24(5)11-15-7-8-17(25-6)16(20)9-15;/h7-9,12H,10-11H2,1-6H3,(H,21,22);1H. The Morgan fingerprint density at radius 3 is 2.63 bits per heavy atom. The summed E-state index contributed by atoms with van der Waals surface area (Å²) in [4.78, 5) is 6.26. The smallest absolute Gasteiger partial charge is 0.193 e. The van der Waals surface area contributed by atoms with E-state index in [-0.39, 0.29) is 41.5 Å². The zero-order chi connectivity index (χ0) is 19.3. The first-order valence-electron chi connectivity index (χ1n) is 8.54. The first kappa shape index (κ1) is 23.2. The molecule has 0 radical (unpaired) electrons. The van der Waals surface area contributed by atoms with E-state index in [1.807, 2.05) is 31.9 Å². The highest BCUT2D eigenvalue weighted by Crippen LogP contribution is 2.22. The summed E-state index contributed by atoms with van der Waals surface area (Å²) in [6.07, 6.45) is 0. The van der Waals surface area contributed by atoms with Crippen LogP contribution in [-0.4, -0.2) is 43.8 Å². The lowest BCUT2D eigenvalue weighted by molar-refractivity contribution is 0.385. The number of hydrogen-bond donors (Lipinski definition) is 1. The molecule has 2 rings (SSSR count). The second-order valence-corrected chi connectivity index (χ2v) is 6.39. The molecule has 0 fully saturated rings. The monoisotopic (exact) mass is 490 g/mol. The molecule has 0 saturated carbocycles. The van der Waals surface area contributed by atoms with Crippen molar-refractivity contribution in [1.82, 2.24) is 15.4 Å². The van der Waals surface area contributed by atoms with Crippen molar-refractivity contribution in [2.24, 2.45) is 4.99 Å². The molecule has 1 atom stereocenters. The number of hydrogen-bond acceptors (Lipinski definition) is 4.